The molecule has 0 saturated heterocycles. The van der Waals surface area contributed by atoms with Gasteiger partial charge < -0.3 is 28.6 Å². The van der Waals surface area contributed by atoms with Crippen LogP contribution in [0.4, 0.5) is 11.4 Å². The molecule has 0 fully saturated rings. The molecule has 1 aliphatic heterocycles. The Morgan fingerprint density at radius 1 is 0.762 bits per heavy atom. The summed E-state index contributed by atoms with van der Waals surface area (Å²) in [6, 6.07) is 20.9. The Morgan fingerprint density at radius 2 is 1.33 bits per heavy atom. The second-order valence-corrected chi connectivity index (χ2v) is 9.68. The minimum atomic E-state index is -0.531. The van der Waals surface area contributed by atoms with Gasteiger partial charge in [-0.25, -0.2) is 4.79 Å². The van der Waals surface area contributed by atoms with E-state index in [2.05, 4.69) is 4.90 Å². The molecule has 3 aromatic rings. The van der Waals surface area contributed by atoms with Crippen molar-refractivity contribution in [3.63, 3.8) is 0 Å². The number of nitrogens with zero attached hydrogens (tertiary/aromatic N) is 1. The van der Waals surface area contributed by atoms with Gasteiger partial charge in [-0.1, -0.05) is 36.4 Å². The van der Waals surface area contributed by atoms with Crippen LogP contribution in [0.15, 0.2) is 66.7 Å². The number of esters is 1. The molecule has 0 amide bonds. The number of ketones is 1. The summed E-state index contributed by atoms with van der Waals surface area (Å²) in [6.07, 6.45) is -0.890. The zero-order valence-corrected chi connectivity index (χ0v) is 25.1. The number of hydrogen-bond donors (Lipinski definition) is 0. The van der Waals surface area contributed by atoms with Crippen molar-refractivity contribution >= 4 is 23.1 Å². The number of ether oxygens (including phenoxy) is 5. The molecular weight excluding hydrogens is 534 g/mol. The van der Waals surface area contributed by atoms with E-state index < -0.39 is 18.5 Å². The predicted molar refractivity (Wildman–Crippen MR) is 161 cm³/mol. The van der Waals surface area contributed by atoms with E-state index in [4.69, 9.17) is 23.7 Å². The summed E-state index contributed by atoms with van der Waals surface area (Å²) in [5.41, 5.74) is 4.76. The molecule has 8 nitrogen and oxygen atoms in total. The van der Waals surface area contributed by atoms with Crippen LogP contribution in [-0.4, -0.2) is 44.8 Å². The van der Waals surface area contributed by atoms with E-state index in [0.717, 1.165) is 22.4 Å². The molecule has 0 saturated carbocycles. The maximum absolute atomic E-state index is 13.8. The summed E-state index contributed by atoms with van der Waals surface area (Å²) in [6.45, 7) is 11.7. The van der Waals surface area contributed by atoms with E-state index in [1.165, 1.54) is 0 Å². The van der Waals surface area contributed by atoms with Crippen molar-refractivity contribution in [1.29, 1.82) is 0 Å². The van der Waals surface area contributed by atoms with Gasteiger partial charge in [0, 0.05) is 49.7 Å². The van der Waals surface area contributed by atoms with Crippen LogP contribution in [0, 0.1) is 0 Å². The summed E-state index contributed by atoms with van der Waals surface area (Å²) in [7, 11) is 0. The first-order valence-electron chi connectivity index (χ1n) is 14.8. The van der Waals surface area contributed by atoms with Gasteiger partial charge >= 0.3 is 5.97 Å². The number of carbonyl (C=O) groups is 2. The fraction of sp³-hybridized carbons (Fsp3) is 0.412. The van der Waals surface area contributed by atoms with Gasteiger partial charge in [-0.15, -0.1) is 0 Å². The highest BCUT2D eigenvalue weighted by Crippen LogP contribution is 2.45. The Kier molecular flexibility index (Phi) is 11.3. The molecule has 42 heavy (non-hydrogen) atoms. The molecule has 4 rings (SSSR count). The molecule has 0 aliphatic carbocycles. The number of fused-ring (bicyclic) bond motifs is 1. The largest absolute Gasteiger partial charge is 0.462 e. The highest BCUT2D eigenvalue weighted by molar-refractivity contribution is 6.12. The van der Waals surface area contributed by atoms with Crippen LogP contribution in [0.1, 0.15) is 97.1 Å². The smallest absolute Gasteiger partial charge is 0.338 e. The maximum Gasteiger partial charge on any atom is 0.338 e. The van der Waals surface area contributed by atoms with Crippen LogP contribution in [0.3, 0.4) is 0 Å². The van der Waals surface area contributed by atoms with Gasteiger partial charge in [0.1, 0.15) is 0 Å². The number of hydrogen-bond acceptors (Lipinski definition) is 8. The minimum Gasteiger partial charge on any atom is -0.462 e. The Labute approximate surface area is 248 Å². The van der Waals surface area contributed by atoms with Crippen LogP contribution in [-0.2, 0) is 23.7 Å². The molecule has 0 N–H and O–H groups in total. The van der Waals surface area contributed by atoms with Crippen molar-refractivity contribution in [2.75, 3.05) is 37.9 Å². The lowest BCUT2D eigenvalue weighted by Crippen LogP contribution is -2.33. The third-order valence-electron chi connectivity index (χ3n) is 7.03. The van der Waals surface area contributed by atoms with Crippen molar-refractivity contribution < 1.29 is 33.3 Å². The lowest BCUT2D eigenvalue weighted by Gasteiger charge is -2.39. The molecule has 1 aliphatic rings. The molecule has 0 aromatic heterocycles. The Morgan fingerprint density at radius 3 is 1.93 bits per heavy atom. The van der Waals surface area contributed by atoms with E-state index in [1.54, 1.807) is 19.1 Å². The first kappa shape index (κ1) is 31.4. The van der Waals surface area contributed by atoms with Gasteiger partial charge in [-0.2, -0.15) is 0 Å². The standard InChI is InChI=1S/C34H41NO7/c1-6-38-32(37)27-18-13-19-28-31(27)30(36)22-29(23-14-11-15-24(20-23)33(39-7-2)40-8-3)35(28)26-17-12-16-25(21-26)34(41-9-4)42-10-5/h11-21,29,33-34H,6-10,22H2,1-5H3. The second kappa shape index (κ2) is 15.1. The second-order valence-electron chi connectivity index (χ2n) is 9.68. The highest BCUT2D eigenvalue weighted by atomic mass is 16.7. The molecule has 0 radical (unpaired) electrons. The van der Waals surface area contributed by atoms with Crippen molar-refractivity contribution in [3.8, 4) is 0 Å². The predicted octanol–water partition coefficient (Wildman–Crippen LogP) is 7.47. The number of Topliss-reactive ketones (excluding diaryl/α,β-unsaturated/α-hetero) is 1. The lowest BCUT2D eigenvalue weighted by atomic mass is 9.86. The van der Waals surface area contributed by atoms with Crippen LogP contribution in [0.5, 0.6) is 0 Å². The zero-order valence-electron chi connectivity index (χ0n) is 25.1. The third kappa shape index (κ3) is 6.90. The van der Waals surface area contributed by atoms with Gasteiger partial charge in [0.15, 0.2) is 18.4 Å². The van der Waals surface area contributed by atoms with Gasteiger partial charge in [0.2, 0.25) is 0 Å². The molecule has 1 unspecified atom stereocenters. The highest BCUT2D eigenvalue weighted by Gasteiger charge is 2.37. The van der Waals surface area contributed by atoms with E-state index in [-0.39, 0.29) is 30.4 Å². The fourth-order valence-corrected chi connectivity index (χ4v) is 5.36. The van der Waals surface area contributed by atoms with E-state index in [1.807, 2.05) is 82.3 Å². The average molecular weight is 576 g/mol. The lowest BCUT2D eigenvalue weighted by molar-refractivity contribution is -0.140. The summed E-state index contributed by atoms with van der Waals surface area (Å²) >= 11 is 0. The van der Waals surface area contributed by atoms with Crippen molar-refractivity contribution in [1.82, 2.24) is 0 Å². The molecule has 0 spiro atoms. The molecule has 224 valence electrons. The van der Waals surface area contributed by atoms with Crippen LogP contribution in [0.25, 0.3) is 0 Å². The van der Waals surface area contributed by atoms with E-state index >= 15 is 0 Å². The average Bonchev–Trinajstić information content (AvgIpc) is 3.00. The van der Waals surface area contributed by atoms with E-state index in [9.17, 15) is 9.59 Å². The first-order valence-corrected chi connectivity index (χ1v) is 14.8. The Balaban J connectivity index is 1.89. The van der Waals surface area contributed by atoms with E-state index in [0.29, 0.717) is 37.7 Å². The topological polar surface area (TPSA) is 83.5 Å². The monoisotopic (exact) mass is 575 g/mol. The number of anilines is 2. The molecule has 8 heteroatoms. The maximum atomic E-state index is 13.8. The summed E-state index contributed by atoms with van der Waals surface area (Å²) < 4.78 is 28.8. The summed E-state index contributed by atoms with van der Waals surface area (Å²) in [4.78, 5) is 28.9. The van der Waals surface area contributed by atoms with Gasteiger partial charge in [-0.05, 0) is 70.5 Å². The van der Waals surface area contributed by atoms with Gasteiger partial charge in [0.05, 0.1) is 29.5 Å². The van der Waals surface area contributed by atoms with Crippen LogP contribution < -0.4 is 4.90 Å². The molecular formula is C34H41NO7. The minimum absolute atomic E-state index is 0.121. The van der Waals surface area contributed by atoms with Crippen LogP contribution in [0.2, 0.25) is 0 Å². The van der Waals surface area contributed by atoms with Crippen molar-refractivity contribution in [3.05, 3.63) is 94.5 Å². The molecule has 3 aromatic carbocycles. The third-order valence-corrected chi connectivity index (χ3v) is 7.03. The SMILES string of the molecule is CCOC(=O)c1cccc2c1C(=O)CC(c1cccc(C(OCC)OCC)c1)N2c1cccc(C(OCC)OCC)c1. The number of benzene rings is 3. The summed E-state index contributed by atoms with van der Waals surface area (Å²) in [5, 5.41) is 0. The summed E-state index contributed by atoms with van der Waals surface area (Å²) in [5.74, 6) is -0.634. The Hall–Kier alpha value is -3.56. The zero-order chi connectivity index (χ0) is 30.1. The molecule has 1 heterocycles. The number of rotatable bonds is 14. The molecule has 0 bridgehead atoms. The van der Waals surface area contributed by atoms with Gasteiger partial charge in [-0.3, -0.25) is 4.79 Å². The quantitative estimate of drug-likeness (QED) is 0.145. The first-order chi connectivity index (χ1) is 20.5. The fourth-order valence-electron chi connectivity index (χ4n) is 5.36. The van der Waals surface area contributed by atoms with Crippen LogP contribution >= 0.6 is 0 Å². The normalized spacial score (nSPS) is 14.9. The van der Waals surface area contributed by atoms with Gasteiger partial charge in [0.25, 0.3) is 0 Å². The Bertz CT molecular complexity index is 1350. The van der Waals surface area contributed by atoms with Crippen molar-refractivity contribution in [2.24, 2.45) is 0 Å². The van der Waals surface area contributed by atoms with Crippen molar-refractivity contribution in [2.45, 2.75) is 59.7 Å². The molecule has 1 atom stereocenters. The number of carbonyl (C=O) groups excluding carboxylic acids is 2.